The minimum Gasteiger partial charge on any atom is -0.452 e. The van der Waals surface area contributed by atoms with E-state index in [9.17, 15) is 18.0 Å². The predicted octanol–water partition coefficient (Wildman–Crippen LogP) is 3.64. The lowest BCUT2D eigenvalue weighted by atomic mass is 10.1. The summed E-state index contributed by atoms with van der Waals surface area (Å²) in [6, 6.07) is 14.9. The molecular formula is C22H22N2O5S2. The fourth-order valence-corrected chi connectivity index (χ4v) is 4.49. The molecule has 0 spiro atoms. The van der Waals surface area contributed by atoms with Gasteiger partial charge in [-0.15, -0.1) is 11.3 Å². The van der Waals surface area contributed by atoms with Gasteiger partial charge in [0, 0.05) is 10.6 Å². The van der Waals surface area contributed by atoms with Crippen LogP contribution >= 0.6 is 11.3 Å². The van der Waals surface area contributed by atoms with E-state index in [1.165, 1.54) is 29.5 Å². The summed E-state index contributed by atoms with van der Waals surface area (Å²) in [6.07, 6.45) is 0. The van der Waals surface area contributed by atoms with Gasteiger partial charge >= 0.3 is 5.97 Å². The molecule has 9 heteroatoms. The third kappa shape index (κ3) is 6.16. The average molecular weight is 459 g/mol. The second-order valence-electron chi connectivity index (χ2n) is 6.88. The summed E-state index contributed by atoms with van der Waals surface area (Å²) in [5.41, 5.74) is 1.95. The molecule has 162 valence electrons. The number of anilines is 1. The van der Waals surface area contributed by atoms with Gasteiger partial charge in [0.15, 0.2) is 6.61 Å². The van der Waals surface area contributed by atoms with E-state index in [-0.39, 0.29) is 10.5 Å². The quantitative estimate of drug-likeness (QED) is 0.502. The second-order valence-corrected chi connectivity index (χ2v) is 9.60. The van der Waals surface area contributed by atoms with Crippen LogP contribution in [0.1, 0.15) is 26.4 Å². The standard InChI is InChI=1S/C22H22N2O5S2/c1-15-5-3-6-17(11-15)24-31(27,28)19-9-8-16(2)20(12-19)22(26)29-14-21(25)23-13-18-7-4-10-30-18/h3-12,24H,13-14H2,1-2H3,(H,23,25). The van der Waals surface area contributed by atoms with Gasteiger partial charge in [-0.2, -0.15) is 0 Å². The maximum atomic E-state index is 12.7. The molecule has 0 radical (unpaired) electrons. The molecule has 3 rings (SSSR count). The number of sulfonamides is 1. The number of hydrogen-bond acceptors (Lipinski definition) is 6. The second kappa shape index (κ2) is 9.76. The van der Waals surface area contributed by atoms with Crippen LogP contribution in [0.15, 0.2) is 64.9 Å². The van der Waals surface area contributed by atoms with E-state index in [1.54, 1.807) is 25.1 Å². The Labute approximate surface area is 185 Å². The molecule has 0 saturated carbocycles. The number of carbonyl (C=O) groups is 2. The van der Waals surface area contributed by atoms with Gasteiger partial charge in [0.05, 0.1) is 17.0 Å². The van der Waals surface area contributed by atoms with E-state index in [0.29, 0.717) is 17.8 Å². The summed E-state index contributed by atoms with van der Waals surface area (Å²) in [7, 11) is -3.90. The van der Waals surface area contributed by atoms with Crippen molar-refractivity contribution in [1.29, 1.82) is 0 Å². The highest BCUT2D eigenvalue weighted by Crippen LogP contribution is 2.20. The molecule has 0 aliphatic carbocycles. The van der Waals surface area contributed by atoms with Gasteiger partial charge in [-0.25, -0.2) is 13.2 Å². The molecule has 0 atom stereocenters. The Bertz CT molecular complexity index is 1190. The highest BCUT2D eigenvalue weighted by Gasteiger charge is 2.20. The van der Waals surface area contributed by atoms with E-state index >= 15 is 0 Å². The number of esters is 1. The molecule has 0 bridgehead atoms. The fourth-order valence-electron chi connectivity index (χ4n) is 2.77. The topological polar surface area (TPSA) is 102 Å². The highest BCUT2D eigenvalue weighted by molar-refractivity contribution is 7.92. The lowest BCUT2D eigenvalue weighted by Gasteiger charge is -2.12. The minimum atomic E-state index is -3.90. The Balaban J connectivity index is 1.66. The van der Waals surface area contributed by atoms with Crippen LogP contribution < -0.4 is 10.0 Å². The third-order valence-electron chi connectivity index (χ3n) is 4.38. The van der Waals surface area contributed by atoms with Gasteiger partial charge in [-0.1, -0.05) is 24.3 Å². The van der Waals surface area contributed by atoms with Crippen LogP contribution in [0, 0.1) is 13.8 Å². The van der Waals surface area contributed by atoms with Crippen LogP contribution in [0.2, 0.25) is 0 Å². The van der Waals surface area contributed by atoms with Gasteiger partial charge in [0.25, 0.3) is 15.9 Å². The number of thiophene rings is 1. The molecule has 0 aliphatic rings. The van der Waals surface area contributed by atoms with Crippen molar-refractivity contribution < 1.29 is 22.7 Å². The van der Waals surface area contributed by atoms with Crippen LogP contribution in [0.4, 0.5) is 5.69 Å². The van der Waals surface area contributed by atoms with Crippen molar-refractivity contribution in [3.05, 3.63) is 81.5 Å². The first-order valence-electron chi connectivity index (χ1n) is 9.41. The predicted molar refractivity (Wildman–Crippen MR) is 120 cm³/mol. The molecular weight excluding hydrogens is 436 g/mol. The first-order chi connectivity index (χ1) is 14.7. The number of carbonyl (C=O) groups excluding carboxylic acids is 2. The normalized spacial score (nSPS) is 11.0. The Kier molecular flexibility index (Phi) is 7.09. The molecule has 31 heavy (non-hydrogen) atoms. The summed E-state index contributed by atoms with van der Waals surface area (Å²) in [5, 5.41) is 4.56. The van der Waals surface area contributed by atoms with Crippen molar-refractivity contribution in [2.45, 2.75) is 25.3 Å². The van der Waals surface area contributed by atoms with Gasteiger partial charge in [-0.05, 0) is 60.7 Å². The van der Waals surface area contributed by atoms with Crippen LogP contribution in [0.25, 0.3) is 0 Å². The Hall–Kier alpha value is -3.17. The Morgan fingerprint density at radius 3 is 2.55 bits per heavy atom. The van der Waals surface area contributed by atoms with Crippen LogP contribution in [0.3, 0.4) is 0 Å². The smallest absolute Gasteiger partial charge is 0.338 e. The minimum absolute atomic E-state index is 0.0753. The number of benzene rings is 2. The number of hydrogen-bond donors (Lipinski definition) is 2. The SMILES string of the molecule is Cc1cccc(NS(=O)(=O)c2ccc(C)c(C(=O)OCC(=O)NCc3cccs3)c2)c1. The van der Waals surface area contributed by atoms with Gasteiger partial charge < -0.3 is 10.1 Å². The van der Waals surface area contributed by atoms with Crippen LogP contribution in [-0.4, -0.2) is 26.9 Å². The first kappa shape index (κ1) is 22.5. The molecule has 0 aliphatic heterocycles. The molecule has 2 N–H and O–H groups in total. The van der Waals surface area contributed by atoms with Crippen molar-refractivity contribution in [1.82, 2.24) is 5.32 Å². The summed E-state index contributed by atoms with van der Waals surface area (Å²) >= 11 is 1.51. The molecule has 0 saturated heterocycles. The lowest BCUT2D eigenvalue weighted by molar-refractivity contribution is -0.124. The van der Waals surface area contributed by atoms with Crippen molar-refractivity contribution >= 4 is 38.9 Å². The third-order valence-corrected chi connectivity index (χ3v) is 6.64. The van der Waals surface area contributed by atoms with Gasteiger partial charge in [0.2, 0.25) is 0 Å². The lowest BCUT2D eigenvalue weighted by Crippen LogP contribution is -2.28. The van der Waals surface area contributed by atoms with Crippen LogP contribution in [-0.2, 0) is 26.1 Å². The van der Waals surface area contributed by atoms with E-state index in [0.717, 1.165) is 10.4 Å². The monoisotopic (exact) mass is 458 g/mol. The summed E-state index contributed by atoms with van der Waals surface area (Å²) in [4.78, 5) is 25.3. The van der Waals surface area contributed by atoms with E-state index < -0.39 is 28.5 Å². The number of aryl methyl sites for hydroxylation is 2. The van der Waals surface area contributed by atoms with Crippen molar-refractivity contribution in [3.8, 4) is 0 Å². The number of amides is 1. The largest absolute Gasteiger partial charge is 0.452 e. The Morgan fingerprint density at radius 1 is 1.03 bits per heavy atom. The van der Waals surface area contributed by atoms with E-state index in [1.807, 2.05) is 30.5 Å². The summed E-state index contributed by atoms with van der Waals surface area (Å²) in [6.45, 7) is 3.42. The molecule has 2 aromatic carbocycles. The number of rotatable bonds is 8. The zero-order chi connectivity index (χ0) is 22.4. The molecule has 1 amide bonds. The maximum Gasteiger partial charge on any atom is 0.338 e. The zero-order valence-electron chi connectivity index (χ0n) is 17.0. The number of nitrogens with one attached hydrogen (secondary N) is 2. The average Bonchev–Trinajstić information content (AvgIpc) is 3.24. The molecule has 0 fully saturated rings. The zero-order valence-corrected chi connectivity index (χ0v) is 18.7. The maximum absolute atomic E-state index is 12.7. The van der Waals surface area contributed by atoms with Crippen molar-refractivity contribution in [2.75, 3.05) is 11.3 Å². The van der Waals surface area contributed by atoms with Gasteiger partial charge in [-0.3, -0.25) is 9.52 Å². The molecule has 3 aromatic rings. The summed E-state index contributed by atoms with van der Waals surface area (Å²) in [5.74, 6) is -1.21. The Morgan fingerprint density at radius 2 is 1.84 bits per heavy atom. The number of ether oxygens (including phenoxy) is 1. The molecule has 0 unspecified atom stereocenters. The fraction of sp³-hybridized carbons (Fsp3) is 0.182. The molecule has 7 nitrogen and oxygen atoms in total. The molecule has 1 heterocycles. The van der Waals surface area contributed by atoms with Crippen LogP contribution in [0.5, 0.6) is 0 Å². The van der Waals surface area contributed by atoms with Gasteiger partial charge in [0.1, 0.15) is 0 Å². The van der Waals surface area contributed by atoms with Crippen molar-refractivity contribution in [2.24, 2.45) is 0 Å². The van der Waals surface area contributed by atoms with E-state index in [4.69, 9.17) is 4.74 Å². The van der Waals surface area contributed by atoms with E-state index in [2.05, 4.69) is 10.0 Å². The molecule has 1 aromatic heterocycles. The first-order valence-corrected chi connectivity index (χ1v) is 11.8. The highest BCUT2D eigenvalue weighted by atomic mass is 32.2. The van der Waals surface area contributed by atoms with Crippen molar-refractivity contribution in [3.63, 3.8) is 0 Å². The summed E-state index contributed by atoms with van der Waals surface area (Å²) < 4.78 is 33.1.